The summed E-state index contributed by atoms with van der Waals surface area (Å²) in [5.74, 6) is 0.639. The standard InChI is InChI=1S/C14H15N3OS2/c18-14(16-13-15-11(8-20-13)9-1-2-9)17-5-3-12-10(7-17)4-6-19-12/h4,6,8-9H,1-3,5,7H2,(H,15,16,18). The van der Waals surface area contributed by atoms with Crippen molar-refractivity contribution in [1.29, 1.82) is 0 Å². The molecule has 1 saturated carbocycles. The highest BCUT2D eigenvalue weighted by Crippen LogP contribution is 2.40. The van der Waals surface area contributed by atoms with E-state index in [1.54, 1.807) is 11.3 Å². The van der Waals surface area contributed by atoms with Crippen LogP contribution in [0, 0.1) is 0 Å². The van der Waals surface area contributed by atoms with Crippen molar-refractivity contribution in [3.05, 3.63) is 33.0 Å². The second-order valence-corrected chi connectivity index (χ2v) is 7.18. The first-order valence-corrected chi connectivity index (χ1v) is 8.62. The van der Waals surface area contributed by atoms with Gasteiger partial charge in [0.25, 0.3) is 0 Å². The number of nitrogens with zero attached hydrogens (tertiary/aromatic N) is 2. The summed E-state index contributed by atoms with van der Waals surface area (Å²) in [6.45, 7) is 1.51. The fourth-order valence-corrected chi connectivity index (χ4v) is 4.17. The lowest BCUT2D eigenvalue weighted by molar-refractivity contribution is 0.207. The Hall–Kier alpha value is -1.40. The van der Waals surface area contributed by atoms with Gasteiger partial charge >= 0.3 is 6.03 Å². The predicted molar refractivity (Wildman–Crippen MR) is 81.5 cm³/mol. The van der Waals surface area contributed by atoms with E-state index in [4.69, 9.17) is 0 Å². The van der Waals surface area contributed by atoms with E-state index in [1.807, 2.05) is 4.90 Å². The Bertz CT molecular complexity index is 644. The fourth-order valence-electron chi connectivity index (χ4n) is 2.50. The Kier molecular flexibility index (Phi) is 3.00. The Morgan fingerprint density at radius 3 is 3.15 bits per heavy atom. The zero-order chi connectivity index (χ0) is 13.5. The smallest absolute Gasteiger partial charge is 0.320 e. The van der Waals surface area contributed by atoms with Crippen molar-refractivity contribution in [3.63, 3.8) is 0 Å². The van der Waals surface area contributed by atoms with E-state index >= 15 is 0 Å². The first-order chi connectivity index (χ1) is 9.79. The first-order valence-electron chi connectivity index (χ1n) is 6.86. The minimum Gasteiger partial charge on any atom is -0.320 e. The molecule has 0 aromatic carbocycles. The molecule has 1 aliphatic carbocycles. The van der Waals surface area contributed by atoms with Crippen LogP contribution in [-0.4, -0.2) is 22.5 Å². The Morgan fingerprint density at radius 1 is 1.40 bits per heavy atom. The first kappa shape index (κ1) is 12.3. The number of hydrogen-bond acceptors (Lipinski definition) is 4. The van der Waals surface area contributed by atoms with E-state index in [9.17, 15) is 4.79 Å². The molecule has 1 fully saturated rings. The van der Waals surface area contributed by atoms with Crippen LogP contribution in [-0.2, 0) is 13.0 Å². The van der Waals surface area contributed by atoms with E-state index in [2.05, 4.69) is 27.1 Å². The van der Waals surface area contributed by atoms with Crippen LogP contribution in [0.15, 0.2) is 16.8 Å². The average molecular weight is 305 g/mol. The zero-order valence-electron chi connectivity index (χ0n) is 11.0. The maximum atomic E-state index is 12.3. The van der Waals surface area contributed by atoms with Crippen LogP contribution in [0.2, 0.25) is 0 Å². The van der Waals surface area contributed by atoms with Gasteiger partial charge in [-0.15, -0.1) is 22.7 Å². The van der Waals surface area contributed by atoms with Crippen LogP contribution < -0.4 is 5.32 Å². The molecule has 2 amide bonds. The molecule has 0 saturated heterocycles. The van der Waals surface area contributed by atoms with E-state index in [-0.39, 0.29) is 6.03 Å². The van der Waals surface area contributed by atoms with Gasteiger partial charge in [-0.3, -0.25) is 5.32 Å². The maximum Gasteiger partial charge on any atom is 0.323 e. The summed E-state index contributed by atoms with van der Waals surface area (Å²) in [6.07, 6.45) is 3.44. The van der Waals surface area contributed by atoms with Crippen molar-refractivity contribution in [2.45, 2.75) is 31.7 Å². The molecule has 4 nitrogen and oxygen atoms in total. The highest BCUT2D eigenvalue weighted by molar-refractivity contribution is 7.14. The van der Waals surface area contributed by atoms with Crippen LogP contribution in [0.3, 0.4) is 0 Å². The number of fused-ring (bicyclic) bond motifs is 1. The maximum absolute atomic E-state index is 12.3. The van der Waals surface area contributed by atoms with E-state index in [0.29, 0.717) is 12.5 Å². The molecule has 0 bridgehead atoms. The van der Waals surface area contributed by atoms with Crippen molar-refractivity contribution >= 4 is 33.8 Å². The van der Waals surface area contributed by atoms with Crippen LogP contribution in [0.1, 0.15) is 34.9 Å². The number of anilines is 1. The van der Waals surface area contributed by atoms with Gasteiger partial charge in [-0.1, -0.05) is 0 Å². The van der Waals surface area contributed by atoms with Crippen molar-refractivity contribution in [1.82, 2.24) is 9.88 Å². The topological polar surface area (TPSA) is 45.2 Å². The zero-order valence-corrected chi connectivity index (χ0v) is 12.6. The third kappa shape index (κ3) is 2.33. The van der Waals surface area contributed by atoms with Gasteiger partial charge in [-0.2, -0.15) is 0 Å². The number of urea groups is 1. The minimum absolute atomic E-state index is 0.0291. The summed E-state index contributed by atoms with van der Waals surface area (Å²) < 4.78 is 0. The summed E-state index contributed by atoms with van der Waals surface area (Å²) in [4.78, 5) is 20.1. The summed E-state index contributed by atoms with van der Waals surface area (Å²) in [5.41, 5.74) is 2.43. The number of nitrogens with one attached hydrogen (secondary N) is 1. The lowest BCUT2D eigenvalue weighted by atomic mass is 10.1. The molecule has 6 heteroatoms. The Balaban J connectivity index is 1.42. The van der Waals surface area contributed by atoms with Crippen molar-refractivity contribution < 1.29 is 4.79 Å². The van der Waals surface area contributed by atoms with Gasteiger partial charge in [0.1, 0.15) is 0 Å². The van der Waals surface area contributed by atoms with Crippen LogP contribution in [0.5, 0.6) is 0 Å². The molecule has 2 aliphatic rings. The SMILES string of the molecule is O=C(Nc1nc(C2CC2)cs1)N1CCc2sccc2C1. The second-order valence-electron chi connectivity index (χ2n) is 5.32. The van der Waals surface area contributed by atoms with Gasteiger partial charge in [0.05, 0.1) is 5.69 Å². The molecule has 0 unspecified atom stereocenters. The molecule has 4 rings (SSSR count). The van der Waals surface area contributed by atoms with Crippen molar-refractivity contribution in [2.24, 2.45) is 0 Å². The Labute approximate surface area is 125 Å². The van der Waals surface area contributed by atoms with Gasteiger partial charge in [-0.05, 0) is 36.3 Å². The number of amides is 2. The summed E-state index contributed by atoms with van der Waals surface area (Å²) in [6, 6.07) is 2.09. The van der Waals surface area contributed by atoms with E-state index in [1.165, 1.54) is 34.6 Å². The molecule has 2 aromatic heterocycles. The molecule has 20 heavy (non-hydrogen) atoms. The molecular formula is C14H15N3OS2. The van der Waals surface area contributed by atoms with Crippen molar-refractivity contribution in [3.8, 4) is 0 Å². The predicted octanol–water partition coefficient (Wildman–Crippen LogP) is 3.67. The normalized spacial score (nSPS) is 17.9. The lowest BCUT2D eigenvalue weighted by Crippen LogP contribution is -2.38. The fraction of sp³-hybridized carbons (Fsp3) is 0.429. The molecule has 0 atom stereocenters. The largest absolute Gasteiger partial charge is 0.323 e. The lowest BCUT2D eigenvalue weighted by Gasteiger charge is -2.26. The van der Waals surface area contributed by atoms with E-state index in [0.717, 1.165) is 23.8 Å². The van der Waals surface area contributed by atoms with Gasteiger partial charge in [0.2, 0.25) is 0 Å². The molecule has 0 spiro atoms. The number of carbonyl (C=O) groups excluding carboxylic acids is 1. The third-order valence-corrected chi connectivity index (χ3v) is 5.63. The highest BCUT2D eigenvalue weighted by Gasteiger charge is 2.27. The number of carbonyl (C=O) groups is 1. The van der Waals surface area contributed by atoms with Crippen LogP contribution in [0.25, 0.3) is 0 Å². The number of aromatic nitrogens is 1. The van der Waals surface area contributed by atoms with Gasteiger partial charge < -0.3 is 4.90 Å². The van der Waals surface area contributed by atoms with Gasteiger partial charge in [0, 0.05) is 29.3 Å². The molecular weight excluding hydrogens is 290 g/mol. The summed E-state index contributed by atoms with van der Waals surface area (Å²) >= 11 is 3.32. The van der Waals surface area contributed by atoms with Gasteiger partial charge in [0.15, 0.2) is 5.13 Å². The van der Waals surface area contributed by atoms with Crippen LogP contribution >= 0.6 is 22.7 Å². The molecule has 3 heterocycles. The molecule has 104 valence electrons. The highest BCUT2D eigenvalue weighted by atomic mass is 32.1. The van der Waals surface area contributed by atoms with Crippen LogP contribution in [0.4, 0.5) is 9.93 Å². The molecule has 0 radical (unpaired) electrons. The Morgan fingerprint density at radius 2 is 2.30 bits per heavy atom. The number of thiophene rings is 1. The average Bonchev–Trinajstić information content (AvgIpc) is 3.02. The van der Waals surface area contributed by atoms with Crippen molar-refractivity contribution in [2.75, 3.05) is 11.9 Å². The number of rotatable bonds is 2. The minimum atomic E-state index is -0.0291. The summed E-state index contributed by atoms with van der Waals surface area (Å²) in [5, 5.41) is 7.84. The van der Waals surface area contributed by atoms with E-state index < -0.39 is 0 Å². The summed E-state index contributed by atoms with van der Waals surface area (Å²) in [7, 11) is 0. The molecule has 2 aromatic rings. The molecule has 1 aliphatic heterocycles. The monoisotopic (exact) mass is 305 g/mol. The number of thiazole rings is 1. The third-order valence-electron chi connectivity index (χ3n) is 3.83. The quantitative estimate of drug-likeness (QED) is 0.920. The van der Waals surface area contributed by atoms with Gasteiger partial charge in [-0.25, -0.2) is 9.78 Å². The molecule has 1 N–H and O–H groups in total. The second kappa shape index (κ2) is 4.86. The number of hydrogen-bond donors (Lipinski definition) is 1.